The van der Waals surface area contributed by atoms with E-state index in [1.54, 1.807) is 12.1 Å². The zero-order valence-corrected chi connectivity index (χ0v) is 13.7. The Hall–Kier alpha value is -3.12. The van der Waals surface area contributed by atoms with Crippen molar-refractivity contribution in [3.8, 4) is 5.69 Å². The number of hydrazone groups is 1. The lowest BCUT2D eigenvalue weighted by Crippen LogP contribution is -2.24. The van der Waals surface area contributed by atoms with Crippen LogP contribution in [0.4, 0.5) is 14.9 Å². The van der Waals surface area contributed by atoms with Crippen LogP contribution in [-0.2, 0) is 0 Å². The predicted molar refractivity (Wildman–Crippen MR) is 96.9 cm³/mol. The second-order valence-corrected chi connectivity index (χ2v) is 5.55. The summed E-state index contributed by atoms with van der Waals surface area (Å²) < 4.78 is 14.7. The molecule has 2 N–H and O–H groups in total. The highest BCUT2D eigenvalue weighted by molar-refractivity contribution is 6.30. The molecule has 0 aliphatic rings. The quantitative estimate of drug-likeness (QED) is 0.527. The molecule has 1 heterocycles. The first-order valence-corrected chi connectivity index (χ1v) is 7.78. The van der Waals surface area contributed by atoms with Gasteiger partial charge in [0.2, 0.25) is 0 Å². The van der Waals surface area contributed by atoms with E-state index < -0.39 is 6.03 Å². The maximum Gasteiger partial charge on any atom is 0.339 e. The molecule has 3 rings (SSSR count). The van der Waals surface area contributed by atoms with Gasteiger partial charge in [-0.25, -0.2) is 14.6 Å². The molecule has 126 valence electrons. The normalized spacial score (nSPS) is 10.8. The van der Waals surface area contributed by atoms with E-state index in [2.05, 4.69) is 15.8 Å². The lowest BCUT2D eigenvalue weighted by atomic mass is 10.3. The maximum absolute atomic E-state index is 12.8. The second-order valence-electron chi connectivity index (χ2n) is 5.11. The Balaban J connectivity index is 1.63. The molecule has 0 fully saturated rings. The summed E-state index contributed by atoms with van der Waals surface area (Å²) in [6.07, 6.45) is 3.40. The summed E-state index contributed by atoms with van der Waals surface area (Å²) >= 11 is 5.90. The van der Waals surface area contributed by atoms with Crippen LogP contribution in [0.5, 0.6) is 0 Å². The van der Waals surface area contributed by atoms with Crippen molar-refractivity contribution in [2.24, 2.45) is 5.10 Å². The molecule has 5 nitrogen and oxygen atoms in total. The molecule has 0 aliphatic heterocycles. The maximum atomic E-state index is 12.8. The monoisotopic (exact) mass is 356 g/mol. The number of carbonyl (C=O) groups excluding carboxylic acids is 1. The topological polar surface area (TPSA) is 58.4 Å². The van der Waals surface area contributed by atoms with Crippen LogP contribution in [0, 0.1) is 5.82 Å². The summed E-state index contributed by atoms with van der Waals surface area (Å²) in [5, 5.41) is 7.13. The number of amides is 2. The van der Waals surface area contributed by atoms with Crippen molar-refractivity contribution in [1.82, 2.24) is 9.99 Å². The van der Waals surface area contributed by atoms with Gasteiger partial charge in [0.1, 0.15) is 5.82 Å². The number of carbonyl (C=O) groups is 1. The highest BCUT2D eigenvalue weighted by Gasteiger charge is 2.03. The average Bonchev–Trinajstić information content (AvgIpc) is 3.06. The van der Waals surface area contributed by atoms with E-state index in [-0.39, 0.29) is 5.82 Å². The summed E-state index contributed by atoms with van der Waals surface area (Å²) in [6.45, 7) is 0. The Bertz CT molecular complexity index is 888. The first-order valence-electron chi connectivity index (χ1n) is 7.41. The van der Waals surface area contributed by atoms with Crippen molar-refractivity contribution in [3.05, 3.63) is 83.4 Å². The first kappa shape index (κ1) is 16.7. The number of nitrogens with one attached hydrogen (secondary N) is 2. The van der Waals surface area contributed by atoms with Crippen LogP contribution < -0.4 is 10.7 Å². The molecule has 0 unspecified atom stereocenters. The van der Waals surface area contributed by atoms with Crippen LogP contribution in [0.1, 0.15) is 5.69 Å². The molecule has 25 heavy (non-hydrogen) atoms. The van der Waals surface area contributed by atoms with Crippen molar-refractivity contribution in [3.63, 3.8) is 0 Å². The number of benzene rings is 2. The smallest absolute Gasteiger partial charge is 0.316 e. The fourth-order valence-electron chi connectivity index (χ4n) is 2.19. The lowest BCUT2D eigenvalue weighted by molar-refractivity contribution is 0.252. The summed E-state index contributed by atoms with van der Waals surface area (Å²) in [5.41, 5.74) is 4.54. The van der Waals surface area contributed by atoms with Crippen molar-refractivity contribution < 1.29 is 9.18 Å². The van der Waals surface area contributed by atoms with Crippen LogP contribution in [-0.4, -0.2) is 16.8 Å². The molecule has 3 aromatic rings. The Morgan fingerprint density at radius 2 is 1.80 bits per heavy atom. The minimum atomic E-state index is -0.521. The fourth-order valence-corrected chi connectivity index (χ4v) is 2.31. The number of nitrogens with zero attached hydrogens (tertiary/aromatic N) is 2. The van der Waals surface area contributed by atoms with Gasteiger partial charge in [-0.05, 0) is 60.7 Å². The number of rotatable bonds is 4. The first-order chi connectivity index (χ1) is 12.1. The molecule has 0 radical (unpaired) electrons. The van der Waals surface area contributed by atoms with E-state index in [1.165, 1.54) is 30.5 Å². The number of hydrogen-bond acceptors (Lipinski definition) is 2. The molecular formula is C18H14ClFN4O. The molecule has 0 saturated carbocycles. The van der Waals surface area contributed by atoms with Gasteiger partial charge in [0.25, 0.3) is 0 Å². The number of anilines is 1. The summed E-state index contributed by atoms with van der Waals surface area (Å²) in [7, 11) is 0. The van der Waals surface area contributed by atoms with E-state index in [9.17, 15) is 9.18 Å². The molecule has 2 amide bonds. The molecule has 0 saturated heterocycles. The number of aromatic nitrogens is 1. The highest BCUT2D eigenvalue weighted by Crippen LogP contribution is 2.15. The molecule has 2 aromatic carbocycles. The van der Waals surface area contributed by atoms with Crippen LogP contribution in [0.3, 0.4) is 0 Å². The number of halogens is 2. The van der Waals surface area contributed by atoms with Crippen LogP contribution in [0.15, 0.2) is 72.0 Å². The molecule has 0 atom stereocenters. The molecule has 1 aromatic heterocycles. The zero-order chi connectivity index (χ0) is 17.6. The van der Waals surface area contributed by atoms with Gasteiger partial charge in [0, 0.05) is 22.6 Å². The van der Waals surface area contributed by atoms with Gasteiger partial charge in [0.05, 0.1) is 11.9 Å². The SMILES string of the molecule is O=C(N/N=C/c1cccn1-c1ccc(Cl)cc1)Nc1ccc(F)cc1. The second kappa shape index (κ2) is 7.63. The fraction of sp³-hybridized carbons (Fsp3) is 0. The van der Waals surface area contributed by atoms with Gasteiger partial charge in [-0.1, -0.05) is 11.6 Å². The third-order valence-electron chi connectivity index (χ3n) is 3.35. The number of hydrogen-bond donors (Lipinski definition) is 2. The average molecular weight is 357 g/mol. The van der Waals surface area contributed by atoms with E-state index in [1.807, 2.05) is 35.0 Å². The molecular weight excluding hydrogens is 343 g/mol. The van der Waals surface area contributed by atoms with E-state index in [0.29, 0.717) is 10.7 Å². The highest BCUT2D eigenvalue weighted by atomic mass is 35.5. The van der Waals surface area contributed by atoms with Gasteiger partial charge in [0.15, 0.2) is 0 Å². The van der Waals surface area contributed by atoms with E-state index in [0.717, 1.165) is 11.4 Å². The van der Waals surface area contributed by atoms with Gasteiger partial charge < -0.3 is 9.88 Å². The van der Waals surface area contributed by atoms with Crippen molar-refractivity contribution in [2.45, 2.75) is 0 Å². The van der Waals surface area contributed by atoms with Crippen LogP contribution in [0.2, 0.25) is 5.02 Å². The Morgan fingerprint density at radius 1 is 1.08 bits per heavy atom. The zero-order valence-electron chi connectivity index (χ0n) is 13.0. The third kappa shape index (κ3) is 4.45. The van der Waals surface area contributed by atoms with E-state index in [4.69, 9.17) is 11.6 Å². The Kier molecular flexibility index (Phi) is 5.11. The predicted octanol–water partition coefficient (Wildman–Crippen LogP) is 4.43. The molecule has 0 spiro atoms. The molecule has 7 heteroatoms. The number of urea groups is 1. The minimum absolute atomic E-state index is 0.369. The van der Waals surface area contributed by atoms with Crippen molar-refractivity contribution in [1.29, 1.82) is 0 Å². The lowest BCUT2D eigenvalue weighted by Gasteiger charge is -2.06. The Labute approximate surface area is 148 Å². The van der Waals surface area contributed by atoms with Crippen molar-refractivity contribution >= 4 is 29.5 Å². The molecule has 0 bridgehead atoms. The van der Waals surface area contributed by atoms with Gasteiger partial charge >= 0.3 is 6.03 Å². The van der Waals surface area contributed by atoms with Crippen molar-refractivity contribution in [2.75, 3.05) is 5.32 Å². The third-order valence-corrected chi connectivity index (χ3v) is 3.60. The van der Waals surface area contributed by atoms with Gasteiger partial charge in [-0.2, -0.15) is 5.10 Å². The minimum Gasteiger partial charge on any atom is -0.316 e. The molecule has 0 aliphatic carbocycles. The van der Waals surface area contributed by atoms with Gasteiger partial charge in [-0.3, -0.25) is 0 Å². The largest absolute Gasteiger partial charge is 0.339 e. The Morgan fingerprint density at radius 3 is 2.52 bits per heavy atom. The summed E-state index contributed by atoms with van der Waals surface area (Å²) in [6, 6.07) is 16.0. The van der Waals surface area contributed by atoms with Crippen LogP contribution in [0.25, 0.3) is 5.69 Å². The van der Waals surface area contributed by atoms with E-state index >= 15 is 0 Å². The summed E-state index contributed by atoms with van der Waals surface area (Å²) in [5.74, 6) is -0.369. The standard InChI is InChI=1S/C18H14ClFN4O/c19-13-3-9-16(10-4-13)24-11-1-2-17(24)12-21-23-18(25)22-15-7-5-14(20)6-8-15/h1-12H,(H2,22,23,25)/b21-12+. The van der Waals surface area contributed by atoms with Crippen LogP contribution >= 0.6 is 11.6 Å². The summed E-state index contributed by atoms with van der Waals surface area (Å²) in [4.78, 5) is 11.8. The van der Waals surface area contributed by atoms with Gasteiger partial charge in [-0.15, -0.1) is 0 Å².